The summed E-state index contributed by atoms with van der Waals surface area (Å²) in [5, 5.41) is 7.48. The maximum Gasteiger partial charge on any atom is 0.315 e. The van der Waals surface area contributed by atoms with Gasteiger partial charge in [-0.3, -0.25) is 4.90 Å². The molecule has 1 saturated heterocycles. The summed E-state index contributed by atoms with van der Waals surface area (Å²) >= 11 is 0. The van der Waals surface area contributed by atoms with Gasteiger partial charge in [-0.1, -0.05) is 19.1 Å². The molecule has 2 amide bonds. The number of H-pyrrole nitrogens is 1. The molecular formula is C20H28N4O. The van der Waals surface area contributed by atoms with Crippen molar-refractivity contribution >= 4 is 16.9 Å². The Morgan fingerprint density at radius 1 is 1.36 bits per heavy atom. The lowest BCUT2D eigenvalue weighted by atomic mass is 9.74. The predicted octanol–water partition coefficient (Wildman–Crippen LogP) is 2.98. The van der Waals surface area contributed by atoms with Gasteiger partial charge < -0.3 is 15.6 Å². The highest BCUT2D eigenvalue weighted by Gasteiger charge is 2.40. The Morgan fingerprint density at radius 3 is 3.04 bits per heavy atom. The van der Waals surface area contributed by atoms with E-state index in [2.05, 4.69) is 51.8 Å². The third-order valence-electron chi connectivity index (χ3n) is 5.76. The minimum absolute atomic E-state index is 0.0428. The number of likely N-dealkylation sites (tertiary alicyclic amines) is 1. The van der Waals surface area contributed by atoms with E-state index in [0.29, 0.717) is 18.5 Å². The van der Waals surface area contributed by atoms with E-state index in [1.165, 1.54) is 22.0 Å². The summed E-state index contributed by atoms with van der Waals surface area (Å²) in [5.41, 5.74) is 4.14. The highest BCUT2D eigenvalue weighted by atomic mass is 16.2. The second-order valence-electron chi connectivity index (χ2n) is 7.39. The van der Waals surface area contributed by atoms with Gasteiger partial charge in [0.2, 0.25) is 0 Å². The largest absolute Gasteiger partial charge is 0.361 e. The van der Waals surface area contributed by atoms with Crippen molar-refractivity contribution in [3.63, 3.8) is 0 Å². The van der Waals surface area contributed by atoms with E-state index < -0.39 is 0 Å². The maximum absolute atomic E-state index is 12.0. The lowest BCUT2D eigenvalue weighted by Gasteiger charge is -2.47. The van der Waals surface area contributed by atoms with E-state index in [1.54, 1.807) is 0 Å². The number of aromatic nitrogens is 1. The van der Waals surface area contributed by atoms with Crippen LogP contribution in [0.4, 0.5) is 4.79 Å². The van der Waals surface area contributed by atoms with Crippen molar-refractivity contribution in [2.75, 3.05) is 19.6 Å². The molecule has 3 atom stereocenters. The number of fused-ring (bicyclic) bond motifs is 2. The monoisotopic (exact) mass is 340 g/mol. The Kier molecular flexibility index (Phi) is 4.42. The molecule has 0 unspecified atom stereocenters. The maximum atomic E-state index is 12.0. The van der Waals surface area contributed by atoms with Crippen LogP contribution in [0, 0.1) is 0 Å². The third-order valence-corrected chi connectivity index (χ3v) is 5.76. The van der Waals surface area contributed by atoms with Crippen LogP contribution in [-0.2, 0) is 6.42 Å². The van der Waals surface area contributed by atoms with E-state index in [4.69, 9.17) is 0 Å². The number of amides is 2. The van der Waals surface area contributed by atoms with Crippen molar-refractivity contribution in [2.24, 2.45) is 0 Å². The van der Waals surface area contributed by atoms with Gasteiger partial charge in [0, 0.05) is 48.2 Å². The van der Waals surface area contributed by atoms with Crippen LogP contribution in [0.5, 0.6) is 0 Å². The van der Waals surface area contributed by atoms with Crippen LogP contribution in [0.15, 0.2) is 24.4 Å². The van der Waals surface area contributed by atoms with Crippen LogP contribution in [-0.4, -0.2) is 47.6 Å². The molecule has 5 nitrogen and oxygen atoms in total. The lowest BCUT2D eigenvalue weighted by Crippen LogP contribution is -2.57. The first-order valence-corrected chi connectivity index (χ1v) is 9.58. The molecule has 1 aliphatic carbocycles. The zero-order chi connectivity index (χ0) is 17.4. The fourth-order valence-corrected chi connectivity index (χ4v) is 4.84. The van der Waals surface area contributed by atoms with Crippen LogP contribution in [0.2, 0.25) is 0 Å². The molecule has 0 bridgehead atoms. The normalized spacial score (nSPS) is 25.6. The average molecular weight is 340 g/mol. The molecule has 1 aromatic carbocycles. The van der Waals surface area contributed by atoms with Gasteiger partial charge in [0.25, 0.3) is 0 Å². The molecule has 3 N–H and O–H groups in total. The van der Waals surface area contributed by atoms with Crippen molar-refractivity contribution in [3.05, 3.63) is 35.5 Å². The Bertz CT molecular complexity index is 768. The Labute approximate surface area is 149 Å². The Morgan fingerprint density at radius 2 is 2.24 bits per heavy atom. The number of carbonyl (C=O) groups excluding carboxylic acids is 1. The zero-order valence-corrected chi connectivity index (χ0v) is 15.1. The zero-order valence-electron chi connectivity index (χ0n) is 15.1. The molecule has 0 radical (unpaired) electrons. The summed E-state index contributed by atoms with van der Waals surface area (Å²) < 4.78 is 0. The van der Waals surface area contributed by atoms with Crippen LogP contribution < -0.4 is 10.6 Å². The second-order valence-corrected chi connectivity index (χ2v) is 7.39. The summed E-state index contributed by atoms with van der Waals surface area (Å²) in [6, 6.07) is 7.31. The Hall–Kier alpha value is -2.01. The van der Waals surface area contributed by atoms with Gasteiger partial charge in [0.15, 0.2) is 0 Å². The number of urea groups is 1. The van der Waals surface area contributed by atoms with Gasteiger partial charge >= 0.3 is 6.03 Å². The molecule has 1 fully saturated rings. The number of nitrogens with one attached hydrogen (secondary N) is 3. The van der Waals surface area contributed by atoms with Gasteiger partial charge in [-0.05, 0) is 49.9 Å². The Balaban J connectivity index is 1.66. The van der Waals surface area contributed by atoms with Crippen molar-refractivity contribution in [1.82, 2.24) is 20.5 Å². The van der Waals surface area contributed by atoms with Gasteiger partial charge in [-0.2, -0.15) is 0 Å². The minimum atomic E-state index is -0.0428. The van der Waals surface area contributed by atoms with Gasteiger partial charge in [0.1, 0.15) is 0 Å². The van der Waals surface area contributed by atoms with Crippen LogP contribution in [0.25, 0.3) is 10.9 Å². The standard InChI is InChI=1S/C20H28N4O/c1-3-8-24-12-14(23-20(25)21-4-2)10-16-15-6-5-7-17-19(15)13(11-22-17)9-18(16)24/h5-7,11,14,16,18,22H,3-4,8-10,12H2,1-2H3,(H2,21,23,25)/t14-,16+,18+/m0/s1. The molecule has 2 heterocycles. The van der Waals surface area contributed by atoms with E-state index >= 15 is 0 Å². The van der Waals surface area contributed by atoms with Gasteiger partial charge in [0.05, 0.1) is 0 Å². The van der Waals surface area contributed by atoms with E-state index in [0.717, 1.165) is 32.4 Å². The summed E-state index contributed by atoms with van der Waals surface area (Å²) in [5.74, 6) is 0.485. The van der Waals surface area contributed by atoms with Crippen LogP contribution in [0.3, 0.4) is 0 Å². The lowest BCUT2D eigenvalue weighted by molar-refractivity contribution is 0.101. The number of piperidine rings is 1. The van der Waals surface area contributed by atoms with Crippen LogP contribution >= 0.6 is 0 Å². The fraction of sp³-hybridized carbons (Fsp3) is 0.550. The number of carbonyl (C=O) groups is 1. The van der Waals surface area contributed by atoms with E-state index in [9.17, 15) is 4.79 Å². The first kappa shape index (κ1) is 16.5. The van der Waals surface area contributed by atoms with E-state index in [-0.39, 0.29) is 12.1 Å². The minimum Gasteiger partial charge on any atom is -0.361 e. The van der Waals surface area contributed by atoms with Crippen molar-refractivity contribution < 1.29 is 4.79 Å². The highest BCUT2D eigenvalue weighted by Crippen LogP contribution is 2.43. The van der Waals surface area contributed by atoms with Gasteiger partial charge in [-0.25, -0.2) is 4.79 Å². The smallest absolute Gasteiger partial charge is 0.315 e. The fourth-order valence-electron chi connectivity index (χ4n) is 4.84. The molecule has 0 spiro atoms. The summed E-state index contributed by atoms with van der Waals surface area (Å²) in [7, 11) is 0. The van der Waals surface area contributed by atoms with Crippen molar-refractivity contribution in [3.8, 4) is 0 Å². The first-order valence-electron chi connectivity index (χ1n) is 9.58. The second kappa shape index (κ2) is 6.71. The van der Waals surface area contributed by atoms with E-state index in [1.807, 2.05) is 6.92 Å². The highest BCUT2D eigenvalue weighted by molar-refractivity contribution is 5.88. The summed E-state index contributed by atoms with van der Waals surface area (Å²) in [6.07, 6.45) is 5.45. The molecule has 134 valence electrons. The molecule has 4 rings (SSSR count). The molecule has 2 aromatic rings. The number of hydrogen-bond donors (Lipinski definition) is 3. The summed E-state index contributed by atoms with van der Waals surface area (Å²) in [6.45, 7) is 6.89. The third kappa shape index (κ3) is 2.91. The molecule has 5 heteroatoms. The van der Waals surface area contributed by atoms with Crippen molar-refractivity contribution in [1.29, 1.82) is 0 Å². The molecular weight excluding hydrogens is 312 g/mol. The van der Waals surface area contributed by atoms with Crippen LogP contribution in [0.1, 0.15) is 43.7 Å². The number of aromatic amines is 1. The number of nitrogens with zero attached hydrogens (tertiary/aromatic N) is 1. The topological polar surface area (TPSA) is 60.2 Å². The van der Waals surface area contributed by atoms with Crippen molar-refractivity contribution in [2.45, 2.75) is 51.1 Å². The quantitative estimate of drug-likeness (QED) is 0.801. The molecule has 2 aliphatic rings. The first-order chi connectivity index (χ1) is 12.2. The number of rotatable bonds is 4. The molecule has 0 saturated carbocycles. The molecule has 1 aliphatic heterocycles. The molecule has 1 aromatic heterocycles. The SMILES string of the molecule is CCCN1C[C@@H](NC(=O)NCC)C[C@@H]2c3cccc4[nH]cc(c34)C[C@H]21. The number of hydrogen-bond acceptors (Lipinski definition) is 2. The number of benzene rings is 1. The average Bonchev–Trinajstić information content (AvgIpc) is 3.01. The predicted molar refractivity (Wildman–Crippen MR) is 101 cm³/mol. The molecule has 25 heavy (non-hydrogen) atoms. The van der Waals surface area contributed by atoms with Gasteiger partial charge in [-0.15, -0.1) is 0 Å². The summed E-state index contributed by atoms with van der Waals surface area (Å²) in [4.78, 5) is 18.1.